The number of para-hydroxylation sites is 4. The predicted octanol–water partition coefficient (Wildman–Crippen LogP) is 19.0. The average Bonchev–Trinajstić information content (AvgIpc) is 4.23. The minimum absolute atomic E-state index is 1.17. The zero-order valence-corrected chi connectivity index (χ0v) is 39.6. The van der Waals surface area contributed by atoms with Crippen molar-refractivity contribution in [3.05, 3.63) is 237 Å². The first-order valence-electron chi connectivity index (χ1n) is 24.8. The van der Waals surface area contributed by atoms with Crippen LogP contribution in [0.25, 0.3) is 157 Å². The molecule has 0 unspecified atom stereocenters. The van der Waals surface area contributed by atoms with Gasteiger partial charge in [-0.25, -0.2) is 0 Å². The Labute approximate surface area is 416 Å². The fourth-order valence-corrected chi connectivity index (χ4v) is 13.8. The largest absolute Gasteiger partial charge is 0.309 e. The van der Waals surface area contributed by atoms with Gasteiger partial charge in [0.25, 0.3) is 0 Å². The maximum Gasteiger partial charge on any atom is 0.0627 e. The fraction of sp³-hybridized carbons (Fsp3) is 0. The number of hydrogen-bond acceptors (Lipinski definition) is 1. The van der Waals surface area contributed by atoms with E-state index in [9.17, 15) is 0 Å². The van der Waals surface area contributed by atoms with Crippen LogP contribution < -0.4 is 0 Å². The van der Waals surface area contributed by atoms with Crippen molar-refractivity contribution in [1.82, 2.24) is 13.5 Å². The summed E-state index contributed by atoms with van der Waals surface area (Å²) in [6, 6.07) is 88.3. The summed E-state index contributed by atoms with van der Waals surface area (Å²) in [5, 5.41) is 18.0. The van der Waals surface area contributed by atoms with Crippen LogP contribution in [0, 0.1) is 0 Å². The van der Waals surface area contributed by atoms with Gasteiger partial charge in [-0.15, -0.1) is 11.3 Å². The van der Waals surface area contributed by atoms with Crippen LogP contribution in [0.2, 0.25) is 0 Å². The van der Waals surface area contributed by atoms with Crippen LogP contribution in [0.15, 0.2) is 237 Å². The van der Waals surface area contributed by atoms with Gasteiger partial charge in [-0.1, -0.05) is 127 Å². The Kier molecular flexibility index (Phi) is 7.61. The van der Waals surface area contributed by atoms with Gasteiger partial charge in [0, 0.05) is 74.6 Å². The standard InChI is InChI=1S/C68H39N3S/c1-3-13-48(14-4-1)69-58-20-10-7-17-50(58)53-33-42(27-29-60(53)69)40-23-25-44-37-62-55(35-46(44)31-40)56-39-65-66(52-19-9-12-22-64(52)72-65)67-57-36-47-32-41(24-26-45(47)38-63(57)71(62)68(56)67)43-28-30-61-54(34-43)51-18-8-11-21-59(51)70(61)49-15-5-2-6-16-49/h1-39H. The molecule has 0 radical (unpaired) electrons. The highest BCUT2D eigenvalue weighted by Gasteiger charge is 2.24. The van der Waals surface area contributed by atoms with Gasteiger partial charge in [0.2, 0.25) is 0 Å². The molecule has 0 aliphatic rings. The summed E-state index contributed by atoms with van der Waals surface area (Å²) in [4.78, 5) is 0. The van der Waals surface area contributed by atoms with Crippen LogP contribution in [-0.2, 0) is 0 Å². The summed E-state index contributed by atoms with van der Waals surface area (Å²) in [6.07, 6.45) is 0. The Morgan fingerprint density at radius 1 is 0.250 bits per heavy atom. The lowest BCUT2D eigenvalue weighted by atomic mass is 9.96. The number of fused-ring (bicyclic) bond motifs is 18. The number of rotatable bonds is 4. The normalized spacial score (nSPS) is 12.4. The van der Waals surface area contributed by atoms with E-state index in [2.05, 4.69) is 250 Å². The molecule has 0 saturated heterocycles. The summed E-state index contributed by atoms with van der Waals surface area (Å²) in [5.74, 6) is 0. The minimum Gasteiger partial charge on any atom is -0.309 e. The van der Waals surface area contributed by atoms with Gasteiger partial charge in [0.05, 0.1) is 38.6 Å². The van der Waals surface area contributed by atoms with Crippen molar-refractivity contribution >= 4 is 135 Å². The molecular formula is C68H39N3S. The summed E-state index contributed by atoms with van der Waals surface area (Å²) in [6.45, 7) is 0. The van der Waals surface area contributed by atoms with E-state index in [4.69, 9.17) is 0 Å². The Balaban J connectivity index is 0.858. The van der Waals surface area contributed by atoms with E-state index in [1.807, 2.05) is 11.3 Å². The van der Waals surface area contributed by atoms with Gasteiger partial charge in [-0.05, 0) is 153 Å². The molecule has 0 amide bonds. The van der Waals surface area contributed by atoms with Crippen LogP contribution in [0.4, 0.5) is 0 Å². The van der Waals surface area contributed by atoms with Crippen LogP contribution >= 0.6 is 11.3 Å². The number of benzene rings is 12. The third kappa shape index (κ3) is 5.23. The van der Waals surface area contributed by atoms with Crippen molar-refractivity contribution in [2.45, 2.75) is 0 Å². The molecule has 332 valence electrons. The number of thiophene rings is 1. The van der Waals surface area contributed by atoms with Gasteiger partial charge in [0.15, 0.2) is 0 Å². The highest BCUT2D eigenvalue weighted by Crippen LogP contribution is 2.49. The van der Waals surface area contributed by atoms with Gasteiger partial charge < -0.3 is 13.5 Å². The number of aromatic nitrogens is 3. The SMILES string of the molecule is c1ccc(-n2c3ccccc3c3cc(-c4ccc5cc6c(cc5c4)c4cc5sc7ccccc7c5c5c7cc8cc(-c9ccc%10c(c9)c9ccccc9n%10-c9ccccc9)ccc8cc7n6c45)ccc32)cc1. The number of nitrogens with zero attached hydrogens (tertiary/aromatic N) is 3. The van der Waals surface area contributed by atoms with Crippen molar-refractivity contribution in [2.24, 2.45) is 0 Å². The molecule has 0 bridgehead atoms. The molecule has 5 heterocycles. The van der Waals surface area contributed by atoms with Crippen LogP contribution in [0.3, 0.4) is 0 Å². The van der Waals surface area contributed by atoms with Gasteiger partial charge >= 0.3 is 0 Å². The van der Waals surface area contributed by atoms with Gasteiger partial charge in [-0.3, -0.25) is 0 Å². The molecule has 0 aliphatic heterocycles. The summed E-state index contributed by atoms with van der Waals surface area (Å²) < 4.78 is 10.0. The zero-order chi connectivity index (χ0) is 46.8. The van der Waals surface area contributed by atoms with Crippen LogP contribution in [-0.4, -0.2) is 13.5 Å². The third-order valence-electron chi connectivity index (χ3n) is 15.9. The average molecular weight is 930 g/mol. The summed E-state index contributed by atoms with van der Waals surface area (Å²) in [5.41, 5.74) is 15.9. The second-order valence-electron chi connectivity index (χ2n) is 19.7. The van der Waals surface area contributed by atoms with E-state index in [1.54, 1.807) is 0 Å². The molecule has 0 aliphatic carbocycles. The molecule has 0 atom stereocenters. The van der Waals surface area contributed by atoms with E-state index in [0.29, 0.717) is 0 Å². The van der Waals surface area contributed by atoms with Crippen molar-refractivity contribution in [1.29, 1.82) is 0 Å². The molecule has 4 heteroatoms. The second kappa shape index (κ2) is 14.2. The molecule has 72 heavy (non-hydrogen) atoms. The minimum atomic E-state index is 1.17. The Morgan fingerprint density at radius 3 is 1.31 bits per heavy atom. The lowest BCUT2D eigenvalue weighted by Gasteiger charge is -2.09. The van der Waals surface area contributed by atoms with Crippen molar-refractivity contribution < 1.29 is 0 Å². The molecule has 12 aromatic carbocycles. The molecular weight excluding hydrogens is 891 g/mol. The van der Waals surface area contributed by atoms with Crippen LogP contribution in [0.5, 0.6) is 0 Å². The monoisotopic (exact) mass is 929 g/mol. The summed E-state index contributed by atoms with van der Waals surface area (Å²) >= 11 is 1.91. The summed E-state index contributed by atoms with van der Waals surface area (Å²) in [7, 11) is 0. The van der Waals surface area contributed by atoms with E-state index in [0.717, 1.165) is 0 Å². The molecule has 5 aromatic heterocycles. The maximum absolute atomic E-state index is 2.58. The van der Waals surface area contributed by atoms with E-state index >= 15 is 0 Å². The smallest absolute Gasteiger partial charge is 0.0627 e. The Hall–Kier alpha value is -9.22. The highest BCUT2D eigenvalue weighted by atomic mass is 32.1. The third-order valence-corrected chi connectivity index (χ3v) is 17.0. The van der Waals surface area contributed by atoms with Crippen LogP contribution in [0.1, 0.15) is 0 Å². The zero-order valence-electron chi connectivity index (χ0n) is 38.8. The van der Waals surface area contributed by atoms with Crippen molar-refractivity contribution in [3.8, 4) is 33.6 Å². The van der Waals surface area contributed by atoms with Gasteiger partial charge in [0.1, 0.15) is 0 Å². The first-order chi connectivity index (χ1) is 35.7. The molecule has 0 spiro atoms. The molecule has 3 nitrogen and oxygen atoms in total. The Bertz CT molecular complexity index is 5150. The number of hydrogen-bond donors (Lipinski definition) is 0. The first kappa shape index (κ1) is 38.6. The molecule has 17 rings (SSSR count). The topological polar surface area (TPSA) is 14.3 Å². The van der Waals surface area contributed by atoms with Crippen molar-refractivity contribution in [2.75, 3.05) is 0 Å². The second-order valence-corrected chi connectivity index (χ2v) is 20.7. The lowest BCUT2D eigenvalue weighted by molar-refractivity contribution is 1.18. The molecule has 17 aromatic rings. The Morgan fingerprint density at radius 2 is 0.708 bits per heavy atom. The molecule has 0 fully saturated rings. The quantitative estimate of drug-likeness (QED) is 0.167. The highest BCUT2D eigenvalue weighted by molar-refractivity contribution is 7.26. The first-order valence-corrected chi connectivity index (χ1v) is 25.6. The van der Waals surface area contributed by atoms with Crippen molar-refractivity contribution in [3.63, 3.8) is 0 Å². The van der Waals surface area contributed by atoms with E-state index < -0.39 is 0 Å². The predicted molar refractivity (Wildman–Crippen MR) is 309 cm³/mol. The molecule has 0 saturated carbocycles. The van der Waals surface area contributed by atoms with E-state index in [1.165, 1.54) is 157 Å². The molecule has 0 N–H and O–H groups in total. The van der Waals surface area contributed by atoms with E-state index in [-0.39, 0.29) is 0 Å². The maximum atomic E-state index is 2.58. The fourth-order valence-electron chi connectivity index (χ4n) is 12.7. The lowest BCUT2D eigenvalue weighted by Crippen LogP contribution is -1.92. The van der Waals surface area contributed by atoms with Gasteiger partial charge in [-0.2, -0.15) is 0 Å².